The summed E-state index contributed by atoms with van der Waals surface area (Å²) in [5.74, 6) is -0.947. The predicted octanol–water partition coefficient (Wildman–Crippen LogP) is 0.0985. The van der Waals surface area contributed by atoms with Crippen LogP contribution in [0.5, 0.6) is 0 Å². The van der Waals surface area contributed by atoms with E-state index >= 15 is 0 Å². The van der Waals surface area contributed by atoms with Crippen molar-refractivity contribution in [2.24, 2.45) is 0 Å². The average Bonchev–Trinajstić information content (AvgIpc) is 2.42. The number of aliphatic carboxylic acids is 1. The Morgan fingerprint density at radius 2 is 2.21 bits per heavy atom. The maximum absolute atomic E-state index is 11.2. The summed E-state index contributed by atoms with van der Waals surface area (Å²) in [6.07, 6.45) is 2.05. The lowest BCUT2D eigenvalue weighted by atomic mass is 9.89. The summed E-state index contributed by atoms with van der Waals surface area (Å²) in [7, 11) is 1.51. The molecule has 5 nitrogen and oxygen atoms in total. The Morgan fingerprint density at radius 3 is 2.79 bits per heavy atom. The van der Waals surface area contributed by atoms with Crippen molar-refractivity contribution >= 4 is 12.4 Å². The first kappa shape index (κ1) is 11.0. The lowest BCUT2D eigenvalue weighted by Gasteiger charge is -2.34. The van der Waals surface area contributed by atoms with Gasteiger partial charge in [0, 0.05) is 26.7 Å². The lowest BCUT2D eigenvalue weighted by Crippen LogP contribution is -2.52. The van der Waals surface area contributed by atoms with E-state index in [4.69, 9.17) is 9.84 Å². The molecule has 1 fully saturated rings. The smallest absolute Gasteiger partial charge is 0.329 e. The molecule has 80 valence electrons. The van der Waals surface area contributed by atoms with Crippen LogP contribution in [0.1, 0.15) is 19.3 Å². The van der Waals surface area contributed by atoms with Crippen molar-refractivity contribution in [2.45, 2.75) is 24.8 Å². The van der Waals surface area contributed by atoms with Crippen LogP contribution < -0.4 is 0 Å². The van der Waals surface area contributed by atoms with Crippen LogP contribution in [0, 0.1) is 0 Å². The highest BCUT2D eigenvalue weighted by Gasteiger charge is 2.42. The standard InChI is InChI=1S/C9H15NO4/c1-10(7-11)9(8(12)13)3-2-5-14-6-4-9/h7H,2-6H2,1H3,(H,12,13). The summed E-state index contributed by atoms with van der Waals surface area (Å²) in [6.45, 7) is 0.964. The first-order chi connectivity index (χ1) is 6.63. The van der Waals surface area contributed by atoms with Gasteiger partial charge in [-0.2, -0.15) is 0 Å². The zero-order valence-corrected chi connectivity index (χ0v) is 8.23. The minimum atomic E-state index is -1.07. The third-order valence-electron chi connectivity index (χ3n) is 2.77. The van der Waals surface area contributed by atoms with E-state index in [1.807, 2.05) is 0 Å². The summed E-state index contributed by atoms with van der Waals surface area (Å²) in [5.41, 5.74) is -1.07. The Hall–Kier alpha value is -1.10. The van der Waals surface area contributed by atoms with Crippen molar-refractivity contribution in [3.63, 3.8) is 0 Å². The molecule has 14 heavy (non-hydrogen) atoms. The Morgan fingerprint density at radius 1 is 1.50 bits per heavy atom. The summed E-state index contributed by atoms with van der Waals surface area (Å²) in [5, 5.41) is 9.16. The van der Waals surface area contributed by atoms with E-state index in [0.717, 1.165) is 0 Å². The average molecular weight is 201 g/mol. The van der Waals surface area contributed by atoms with Crippen LogP contribution >= 0.6 is 0 Å². The summed E-state index contributed by atoms with van der Waals surface area (Å²) in [4.78, 5) is 23.1. The third kappa shape index (κ3) is 1.87. The summed E-state index contributed by atoms with van der Waals surface area (Å²) >= 11 is 0. The first-order valence-corrected chi connectivity index (χ1v) is 4.63. The van der Waals surface area contributed by atoms with Crippen LogP contribution in [-0.2, 0) is 14.3 Å². The minimum absolute atomic E-state index is 0.359. The van der Waals surface area contributed by atoms with Crippen molar-refractivity contribution in [2.75, 3.05) is 20.3 Å². The Labute approximate surface area is 82.6 Å². The molecule has 0 radical (unpaired) electrons. The van der Waals surface area contributed by atoms with Gasteiger partial charge in [0.2, 0.25) is 6.41 Å². The molecule has 1 atom stereocenters. The predicted molar refractivity (Wildman–Crippen MR) is 48.9 cm³/mol. The molecule has 0 aromatic rings. The van der Waals surface area contributed by atoms with E-state index in [1.165, 1.54) is 11.9 Å². The van der Waals surface area contributed by atoms with Gasteiger partial charge < -0.3 is 14.7 Å². The molecule has 0 spiro atoms. The second kappa shape index (κ2) is 4.41. The number of nitrogens with zero attached hydrogens (tertiary/aromatic N) is 1. The minimum Gasteiger partial charge on any atom is -0.479 e. The van der Waals surface area contributed by atoms with Crippen molar-refractivity contribution in [3.05, 3.63) is 0 Å². The van der Waals surface area contributed by atoms with Gasteiger partial charge in [-0.25, -0.2) is 4.79 Å². The van der Waals surface area contributed by atoms with Crippen LogP contribution in [0.25, 0.3) is 0 Å². The maximum Gasteiger partial charge on any atom is 0.329 e. The van der Waals surface area contributed by atoms with Gasteiger partial charge in [0.05, 0.1) is 0 Å². The number of likely N-dealkylation sites (N-methyl/N-ethyl adjacent to an activating group) is 1. The lowest BCUT2D eigenvalue weighted by molar-refractivity contribution is -0.155. The molecule has 1 aliphatic heterocycles. The topological polar surface area (TPSA) is 66.8 Å². The van der Waals surface area contributed by atoms with Gasteiger partial charge in [-0.3, -0.25) is 4.79 Å². The number of hydrogen-bond donors (Lipinski definition) is 1. The van der Waals surface area contributed by atoms with Gasteiger partial charge in [-0.15, -0.1) is 0 Å². The molecular formula is C9H15NO4. The molecule has 0 aromatic carbocycles. The van der Waals surface area contributed by atoms with Gasteiger partial charge in [0.15, 0.2) is 0 Å². The molecule has 1 N–H and O–H groups in total. The van der Waals surface area contributed by atoms with Crippen LogP contribution in [0.4, 0.5) is 0 Å². The molecule has 5 heteroatoms. The van der Waals surface area contributed by atoms with Crippen LogP contribution in [-0.4, -0.2) is 48.2 Å². The number of rotatable bonds is 3. The van der Waals surface area contributed by atoms with Gasteiger partial charge in [-0.1, -0.05) is 0 Å². The van der Waals surface area contributed by atoms with Crippen molar-refractivity contribution < 1.29 is 19.4 Å². The van der Waals surface area contributed by atoms with E-state index < -0.39 is 11.5 Å². The molecule has 1 rings (SSSR count). The second-order valence-electron chi connectivity index (χ2n) is 3.52. The second-order valence-corrected chi connectivity index (χ2v) is 3.52. The molecule has 1 amide bonds. The fraction of sp³-hybridized carbons (Fsp3) is 0.778. The molecule has 1 unspecified atom stereocenters. The van der Waals surface area contributed by atoms with Crippen molar-refractivity contribution in [3.8, 4) is 0 Å². The van der Waals surface area contributed by atoms with E-state index in [2.05, 4.69) is 0 Å². The number of carboxylic acids is 1. The highest BCUT2D eigenvalue weighted by Crippen LogP contribution is 2.26. The molecule has 1 heterocycles. The molecule has 0 aromatic heterocycles. The zero-order chi connectivity index (χ0) is 10.6. The van der Waals surface area contributed by atoms with E-state index in [9.17, 15) is 9.59 Å². The number of hydrogen-bond acceptors (Lipinski definition) is 3. The maximum atomic E-state index is 11.2. The number of carbonyl (C=O) groups excluding carboxylic acids is 1. The highest BCUT2D eigenvalue weighted by molar-refractivity contribution is 5.81. The van der Waals surface area contributed by atoms with E-state index in [0.29, 0.717) is 38.9 Å². The normalized spacial score (nSPS) is 27.8. The quantitative estimate of drug-likeness (QED) is 0.657. The summed E-state index contributed by atoms with van der Waals surface area (Å²) in [6, 6.07) is 0. The Balaban J connectivity index is 2.88. The molecule has 1 aliphatic rings. The summed E-state index contributed by atoms with van der Waals surface area (Å²) < 4.78 is 5.19. The van der Waals surface area contributed by atoms with Gasteiger partial charge in [0.1, 0.15) is 5.54 Å². The van der Waals surface area contributed by atoms with Crippen LogP contribution in [0.3, 0.4) is 0 Å². The van der Waals surface area contributed by atoms with E-state index in [1.54, 1.807) is 0 Å². The fourth-order valence-electron chi connectivity index (χ4n) is 1.75. The number of amides is 1. The molecule has 0 saturated carbocycles. The Bertz CT molecular complexity index is 221. The molecule has 0 bridgehead atoms. The number of ether oxygens (including phenoxy) is 1. The van der Waals surface area contributed by atoms with Gasteiger partial charge >= 0.3 is 5.97 Å². The van der Waals surface area contributed by atoms with Gasteiger partial charge in [0.25, 0.3) is 0 Å². The number of carboxylic acid groups (broad SMARTS) is 1. The SMILES string of the molecule is CN(C=O)C1(C(=O)O)CCCOCC1. The van der Waals surface area contributed by atoms with Gasteiger partial charge in [-0.05, 0) is 12.8 Å². The molecule has 1 saturated heterocycles. The largest absolute Gasteiger partial charge is 0.479 e. The van der Waals surface area contributed by atoms with E-state index in [-0.39, 0.29) is 0 Å². The highest BCUT2D eigenvalue weighted by atomic mass is 16.5. The zero-order valence-electron chi connectivity index (χ0n) is 8.23. The fourth-order valence-corrected chi connectivity index (χ4v) is 1.75. The van der Waals surface area contributed by atoms with Crippen LogP contribution in [0.2, 0.25) is 0 Å². The van der Waals surface area contributed by atoms with Crippen molar-refractivity contribution in [1.82, 2.24) is 4.90 Å². The van der Waals surface area contributed by atoms with Crippen molar-refractivity contribution in [1.29, 1.82) is 0 Å². The third-order valence-corrected chi connectivity index (χ3v) is 2.77. The Kier molecular flexibility index (Phi) is 3.46. The number of carbonyl (C=O) groups is 2. The molecular weight excluding hydrogens is 186 g/mol. The first-order valence-electron chi connectivity index (χ1n) is 4.63. The monoisotopic (exact) mass is 201 g/mol. The molecule has 0 aliphatic carbocycles. The van der Waals surface area contributed by atoms with Crippen LogP contribution in [0.15, 0.2) is 0 Å².